The quantitative estimate of drug-likeness (QED) is 0.591. The Morgan fingerprint density at radius 3 is 2.50 bits per heavy atom. The molecule has 9 heteroatoms. The molecule has 20 heavy (non-hydrogen) atoms. The molecule has 0 aliphatic rings. The molecule has 2 amide bonds. The molecule has 0 fully saturated rings. The van der Waals surface area contributed by atoms with Crippen LogP contribution >= 0.6 is 0 Å². The molecule has 1 aromatic rings. The van der Waals surface area contributed by atoms with Crippen LogP contribution in [0, 0.1) is 0 Å². The van der Waals surface area contributed by atoms with E-state index in [1.54, 1.807) is 6.07 Å². The monoisotopic (exact) mass is 301 g/mol. The molecule has 1 rings (SSSR count). The van der Waals surface area contributed by atoms with Crippen LogP contribution in [-0.2, 0) is 10.0 Å². The molecule has 0 radical (unpaired) electrons. The minimum absolute atomic E-state index is 0.0505. The molecule has 0 atom stereocenters. The fourth-order valence-electron chi connectivity index (χ4n) is 1.35. The van der Waals surface area contributed by atoms with E-state index in [0.717, 1.165) is 0 Å². The van der Waals surface area contributed by atoms with Gasteiger partial charge in [0.15, 0.2) is 0 Å². The number of carboxylic acid groups (broad SMARTS) is 1. The second kappa shape index (κ2) is 6.87. The normalized spacial score (nSPS) is 10.8. The van der Waals surface area contributed by atoms with Crippen LogP contribution < -0.4 is 15.4 Å². The van der Waals surface area contributed by atoms with Crippen molar-refractivity contribution in [3.05, 3.63) is 29.8 Å². The topological polar surface area (TPSA) is 125 Å². The Morgan fingerprint density at radius 1 is 1.25 bits per heavy atom. The average Bonchev–Trinajstić information content (AvgIpc) is 2.39. The fourth-order valence-corrected chi connectivity index (χ4v) is 1.92. The summed E-state index contributed by atoms with van der Waals surface area (Å²) in [6, 6.07) is 5.22. The van der Waals surface area contributed by atoms with Crippen LogP contribution in [0.4, 0.5) is 10.5 Å². The lowest BCUT2D eigenvalue weighted by Gasteiger charge is -2.09. The van der Waals surface area contributed by atoms with Crippen molar-refractivity contribution in [1.29, 1.82) is 0 Å². The van der Waals surface area contributed by atoms with Gasteiger partial charge in [0.25, 0.3) is 0 Å². The van der Waals surface area contributed by atoms with Gasteiger partial charge in [0.2, 0.25) is 10.0 Å². The SMILES string of the molecule is CNS(=O)(=O)CCNC(=O)Nc1ccccc1C(=O)O. The summed E-state index contributed by atoms with van der Waals surface area (Å²) < 4.78 is 24.4. The minimum atomic E-state index is -3.40. The Balaban J connectivity index is 2.57. The molecule has 8 nitrogen and oxygen atoms in total. The predicted octanol–water partition coefficient (Wildman–Crippen LogP) is 0.0555. The van der Waals surface area contributed by atoms with Crippen LogP contribution in [0.1, 0.15) is 10.4 Å². The molecule has 4 N–H and O–H groups in total. The molecular weight excluding hydrogens is 286 g/mol. The van der Waals surface area contributed by atoms with E-state index in [-0.39, 0.29) is 23.5 Å². The van der Waals surface area contributed by atoms with E-state index in [1.807, 2.05) is 0 Å². The van der Waals surface area contributed by atoms with E-state index in [4.69, 9.17) is 5.11 Å². The maximum atomic E-state index is 11.5. The predicted molar refractivity (Wildman–Crippen MR) is 73.3 cm³/mol. The lowest BCUT2D eigenvalue weighted by Crippen LogP contribution is -2.35. The number of para-hydroxylation sites is 1. The first kappa shape index (κ1) is 15.9. The molecule has 0 bridgehead atoms. The highest BCUT2D eigenvalue weighted by Crippen LogP contribution is 2.14. The molecule has 0 aliphatic carbocycles. The van der Waals surface area contributed by atoms with Gasteiger partial charge in [-0.2, -0.15) is 0 Å². The Labute approximate surface area is 116 Å². The van der Waals surface area contributed by atoms with Gasteiger partial charge in [0, 0.05) is 6.54 Å². The van der Waals surface area contributed by atoms with E-state index in [2.05, 4.69) is 15.4 Å². The molecule has 0 unspecified atom stereocenters. The second-order valence-corrected chi connectivity index (χ2v) is 5.80. The summed E-state index contributed by atoms with van der Waals surface area (Å²) in [7, 11) is -2.12. The second-order valence-electron chi connectivity index (χ2n) is 3.75. The minimum Gasteiger partial charge on any atom is -0.478 e. The lowest BCUT2D eigenvalue weighted by molar-refractivity contribution is 0.0698. The van der Waals surface area contributed by atoms with Gasteiger partial charge in [0.1, 0.15) is 0 Å². The highest BCUT2D eigenvalue weighted by Gasteiger charge is 2.12. The third kappa shape index (κ3) is 4.86. The summed E-state index contributed by atoms with van der Waals surface area (Å²) in [5, 5.41) is 13.6. The largest absolute Gasteiger partial charge is 0.478 e. The summed E-state index contributed by atoms with van der Waals surface area (Å²) in [6.07, 6.45) is 0. The number of carboxylic acids is 1. The van der Waals surface area contributed by atoms with Gasteiger partial charge in [-0.05, 0) is 19.2 Å². The molecule has 0 spiro atoms. The van der Waals surface area contributed by atoms with Gasteiger partial charge >= 0.3 is 12.0 Å². The lowest BCUT2D eigenvalue weighted by atomic mass is 10.2. The molecule has 0 heterocycles. The van der Waals surface area contributed by atoms with Crippen molar-refractivity contribution in [2.75, 3.05) is 24.7 Å². The van der Waals surface area contributed by atoms with Crippen LogP contribution in [0.15, 0.2) is 24.3 Å². The van der Waals surface area contributed by atoms with Crippen LogP contribution in [0.5, 0.6) is 0 Å². The number of hydrogen-bond acceptors (Lipinski definition) is 4. The van der Waals surface area contributed by atoms with Crippen LogP contribution in [0.2, 0.25) is 0 Å². The molecule has 0 aromatic heterocycles. The van der Waals surface area contributed by atoms with Gasteiger partial charge in [-0.15, -0.1) is 0 Å². The Bertz CT molecular complexity index is 600. The zero-order valence-electron chi connectivity index (χ0n) is 10.7. The van der Waals surface area contributed by atoms with E-state index in [9.17, 15) is 18.0 Å². The number of benzene rings is 1. The van der Waals surface area contributed by atoms with E-state index >= 15 is 0 Å². The van der Waals surface area contributed by atoms with Crippen molar-refractivity contribution in [2.45, 2.75) is 0 Å². The summed E-state index contributed by atoms with van der Waals surface area (Å²) in [5.41, 5.74) is 0.0828. The van der Waals surface area contributed by atoms with E-state index in [0.29, 0.717) is 0 Å². The van der Waals surface area contributed by atoms with Gasteiger partial charge in [-0.3, -0.25) is 0 Å². The number of rotatable bonds is 6. The number of anilines is 1. The summed E-state index contributed by atoms with van der Waals surface area (Å²) in [4.78, 5) is 22.5. The summed E-state index contributed by atoms with van der Waals surface area (Å²) in [6.45, 7) is -0.0930. The van der Waals surface area contributed by atoms with Crippen molar-refractivity contribution >= 4 is 27.7 Å². The Kier molecular flexibility index (Phi) is 5.47. The Morgan fingerprint density at radius 2 is 1.90 bits per heavy atom. The van der Waals surface area contributed by atoms with Gasteiger partial charge in [-0.1, -0.05) is 12.1 Å². The van der Waals surface area contributed by atoms with Gasteiger partial charge in [-0.25, -0.2) is 22.7 Å². The first-order valence-corrected chi connectivity index (χ1v) is 7.29. The summed E-state index contributed by atoms with van der Waals surface area (Å²) >= 11 is 0. The number of carbonyl (C=O) groups excluding carboxylic acids is 1. The van der Waals surface area contributed by atoms with E-state index < -0.39 is 22.0 Å². The average molecular weight is 301 g/mol. The molecule has 0 saturated heterocycles. The third-order valence-electron chi connectivity index (χ3n) is 2.37. The van der Waals surface area contributed by atoms with Crippen LogP contribution in [-0.4, -0.2) is 44.9 Å². The first-order valence-electron chi connectivity index (χ1n) is 5.64. The van der Waals surface area contributed by atoms with Crippen molar-refractivity contribution in [2.24, 2.45) is 0 Å². The standard InChI is InChI=1S/C11H15N3O5S/c1-12-20(18,19)7-6-13-11(17)14-9-5-3-2-4-8(9)10(15)16/h2-5,12H,6-7H2,1H3,(H,15,16)(H2,13,14,17). The Hall–Kier alpha value is -2.13. The van der Waals surface area contributed by atoms with Crippen LogP contribution in [0.3, 0.4) is 0 Å². The van der Waals surface area contributed by atoms with Crippen LogP contribution in [0.25, 0.3) is 0 Å². The molecular formula is C11H15N3O5S. The number of nitrogens with one attached hydrogen (secondary N) is 3. The maximum Gasteiger partial charge on any atom is 0.337 e. The van der Waals surface area contributed by atoms with Crippen molar-refractivity contribution in [3.63, 3.8) is 0 Å². The van der Waals surface area contributed by atoms with Gasteiger partial charge in [0.05, 0.1) is 17.0 Å². The maximum absolute atomic E-state index is 11.5. The number of amides is 2. The number of hydrogen-bond donors (Lipinski definition) is 4. The molecule has 110 valence electrons. The molecule has 0 saturated carbocycles. The highest BCUT2D eigenvalue weighted by molar-refractivity contribution is 7.89. The van der Waals surface area contributed by atoms with Crippen molar-refractivity contribution in [1.82, 2.24) is 10.0 Å². The van der Waals surface area contributed by atoms with Crippen molar-refractivity contribution < 1.29 is 23.1 Å². The van der Waals surface area contributed by atoms with Gasteiger partial charge < -0.3 is 15.7 Å². The fraction of sp³-hybridized carbons (Fsp3) is 0.273. The zero-order valence-corrected chi connectivity index (χ0v) is 11.5. The molecule has 0 aliphatic heterocycles. The first-order chi connectivity index (χ1) is 9.35. The summed E-state index contributed by atoms with van der Waals surface area (Å²) in [5.74, 6) is -1.43. The van der Waals surface area contributed by atoms with E-state index in [1.165, 1.54) is 25.2 Å². The zero-order chi connectivity index (χ0) is 15.2. The number of carbonyl (C=O) groups is 2. The van der Waals surface area contributed by atoms with Crippen molar-refractivity contribution in [3.8, 4) is 0 Å². The highest BCUT2D eigenvalue weighted by atomic mass is 32.2. The number of aromatic carboxylic acids is 1. The smallest absolute Gasteiger partial charge is 0.337 e. The third-order valence-corrected chi connectivity index (χ3v) is 3.74. The number of sulfonamides is 1. The molecule has 1 aromatic carbocycles. The number of urea groups is 1.